The van der Waals surface area contributed by atoms with Gasteiger partial charge in [-0.1, -0.05) is 41.5 Å². The summed E-state index contributed by atoms with van der Waals surface area (Å²) >= 11 is -1.77. The summed E-state index contributed by atoms with van der Waals surface area (Å²) in [6, 6.07) is 14.7. The van der Waals surface area contributed by atoms with Crippen molar-refractivity contribution in [2.24, 2.45) is 9.98 Å². The molecule has 3 nitrogen and oxygen atoms in total. The number of aromatic nitrogens is 1. The summed E-state index contributed by atoms with van der Waals surface area (Å²) in [4.78, 5) is 14.7. The Morgan fingerprint density at radius 2 is 0.941 bits per heavy atom. The second kappa shape index (κ2) is 12.9. The minimum atomic E-state index is -1.77. The van der Waals surface area contributed by atoms with Crippen LogP contribution >= 0.6 is 29.5 Å². The Balaban J connectivity index is 0.000000945. The molecule has 0 atom stereocenters. The summed E-state index contributed by atoms with van der Waals surface area (Å²) in [6.07, 6.45) is 0. The van der Waals surface area contributed by atoms with Crippen molar-refractivity contribution >= 4 is 52.3 Å². The summed E-state index contributed by atoms with van der Waals surface area (Å²) in [5.41, 5.74) is 12.9. The average molecular weight is 555 g/mol. The molecular weight excluding hydrogens is 524 g/mol. The van der Waals surface area contributed by atoms with Gasteiger partial charge in [0.05, 0.1) is 34.2 Å². The summed E-state index contributed by atoms with van der Waals surface area (Å²) in [7, 11) is 14.9. The van der Waals surface area contributed by atoms with Gasteiger partial charge in [0, 0.05) is 0 Å². The first-order chi connectivity index (χ1) is 15.9. The zero-order chi connectivity index (χ0) is 25.6. The maximum absolute atomic E-state index is 4.95. The molecule has 0 aliphatic heterocycles. The Bertz CT molecular complexity index is 1100. The molecule has 0 saturated carbocycles. The van der Waals surface area contributed by atoms with Crippen molar-refractivity contribution in [2.45, 2.75) is 55.4 Å². The van der Waals surface area contributed by atoms with Gasteiger partial charge in [-0.05, 0) is 89.8 Å². The summed E-state index contributed by atoms with van der Waals surface area (Å²) in [5.74, 6) is 0. The molecular formula is C27H31Cl3N3V. The molecule has 0 saturated heterocycles. The van der Waals surface area contributed by atoms with E-state index >= 15 is 0 Å². The number of hydrogen-bond donors (Lipinski definition) is 0. The molecule has 7 heteroatoms. The predicted octanol–water partition coefficient (Wildman–Crippen LogP) is 9.28. The zero-order valence-corrected chi connectivity index (χ0v) is 24.6. The minimum absolute atomic E-state index is 0.874. The van der Waals surface area contributed by atoms with Crippen LogP contribution in [0.3, 0.4) is 0 Å². The normalized spacial score (nSPS) is 12.0. The van der Waals surface area contributed by atoms with Crippen LogP contribution < -0.4 is 0 Å². The molecule has 180 valence electrons. The van der Waals surface area contributed by atoms with E-state index in [0.717, 1.165) is 34.2 Å². The van der Waals surface area contributed by atoms with Crippen LogP contribution in [0.1, 0.15) is 58.6 Å². The third-order valence-electron chi connectivity index (χ3n) is 5.32. The van der Waals surface area contributed by atoms with E-state index in [1.54, 1.807) is 0 Å². The molecule has 1 heterocycles. The quantitative estimate of drug-likeness (QED) is 0.296. The van der Waals surface area contributed by atoms with Gasteiger partial charge < -0.3 is 0 Å². The Kier molecular flexibility index (Phi) is 10.9. The number of pyridine rings is 1. The van der Waals surface area contributed by atoms with Crippen molar-refractivity contribution in [3.05, 3.63) is 87.2 Å². The van der Waals surface area contributed by atoms with Crippen LogP contribution in [0.5, 0.6) is 0 Å². The van der Waals surface area contributed by atoms with Gasteiger partial charge in [0.1, 0.15) is 0 Å². The SMILES string of the molecule is CC(=Nc1c(C)cc(C)cc1C)c1cccc(C(C)=Nc2c(C)cc(C)cc2C)n1.[Cl][V]([Cl])[Cl]. The molecule has 1 aromatic heterocycles. The molecule has 0 amide bonds. The maximum atomic E-state index is 4.95. The van der Waals surface area contributed by atoms with Crippen molar-refractivity contribution in [2.75, 3.05) is 0 Å². The summed E-state index contributed by atoms with van der Waals surface area (Å²) in [6.45, 7) is 16.7. The van der Waals surface area contributed by atoms with Crippen LogP contribution in [0.2, 0.25) is 0 Å². The first-order valence-electron chi connectivity index (χ1n) is 10.9. The van der Waals surface area contributed by atoms with E-state index in [-0.39, 0.29) is 0 Å². The van der Waals surface area contributed by atoms with Gasteiger partial charge in [-0.15, -0.1) is 0 Å². The number of benzene rings is 2. The second-order valence-corrected chi connectivity index (χ2v) is 15.4. The molecule has 0 unspecified atom stereocenters. The molecule has 0 spiro atoms. The monoisotopic (exact) mass is 553 g/mol. The van der Waals surface area contributed by atoms with Crippen LogP contribution in [-0.2, 0) is 12.3 Å². The van der Waals surface area contributed by atoms with Crippen molar-refractivity contribution in [3.63, 3.8) is 0 Å². The molecule has 0 aliphatic rings. The van der Waals surface area contributed by atoms with E-state index in [9.17, 15) is 0 Å². The molecule has 0 aliphatic carbocycles. The molecule has 0 N–H and O–H groups in total. The van der Waals surface area contributed by atoms with Crippen molar-refractivity contribution in [1.82, 2.24) is 4.98 Å². The van der Waals surface area contributed by atoms with Gasteiger partial charge >= 0.3 is 41.8 Å². The number of aliphatic imine (C=N–C) groups is 2. The zero-order valence-electron chi connectivity index (χ0n) is 21.0. The topological polar surface area (TPSA) is 37.6 Å². The van der Waals surface area contributed by atoms with E-state index in [0.29, 0.717) is 0 Å². The first-order valence-corrected chi connectivity index (χ1v) is 16.7. The van der Waals surface area contributed by atoms with Crippen LogP contribution in [-0.4, -0.2) is 16.4 Å². The molecule has 3 aromatic rings. The third-order valence-corrected chi connectivity index (χ3v) is 5.32. The number of halogens is 3. The number of hydrogen-bond acceptors (Lipinski definition) is 3. The molecule has 0 bridgehead atoms. The van der Waals surface area contributed by atoms with E-state index in [1.807, 2.05) is 32.0 Å². The molecule has 2 aromatic carbocycles. The van der Waals surface area contributed by atoms with E-state index in [2.05, 4.69) is 65.8 Å². The molecule has 34 heavy (non-hydrogen) atoms. The van der Waals surface area contributed by atoms with E-state index in [4.69, 9.17) is 44.5 Å². The van der Waals surface area contributed by atoms with Gasteiger partial charge in [-0.2, -0.15) is 0 Å². The Morgan fingerprint density at radius 1 is 0.647 bits per heavy atom. The van der Waals surface area contributed by atoms with Gasteiger partial charge in [0.2, 0.25) is 0 Å². The van der Waals surface area contributed by atoms with Crippen molar-refractivity contribution in [3.8, 4) is 0 Å². The fourth-order valence-corrected chi connectivity index (χ4v) is 3.99. The fourth-order valence-electron chi connectivity index (χ4n) is 3.99. The summed E-state index contributed by atoms with van der Waals surface area (Å²) in [5, 5.41) is 0. The predicted molar refractivity (Wildman–Crippen MR) is 147 cm³/mol. The fraction of sp³-hybridized carbons (Fsp3) is 0.296. The summed E-state index contributed by atoms with van der Waals surface area (Å²) < 4.78 is 0. The van der Waals surface area contributed by atoms with Crippen LogP contribution in [0.15, 0.2) is 52.4 Å². The van der Waals surface area contributed by atoms with Crippen molar-refractivity contribution in [1.29, 1.82) is 0 Å². The van der Waals surface area contributed by atoms with Gasteiger partial charge in [0.25, 0.3) is 0 Å². The van der Waals surface area contributed by atoms with E-state index in [1.165, 1.54) is 33.4 Å². The van der Waals surface area contributed by atoms with Gasteiger partial charge in [-0.25, -0.2) is 4.98 Å². The van der Waals surface area contributed by atoms with Gasteiger partial charge in [0.15, 0.2) is 0 Å². The van der Waals surface area contributed by atoms with Gasteiger partial charge in [-0.3, -0.25) is 9.98 Å². The Labute approximate surface area is 221 Å². The third kappa shape index (κ3) is 8.25. The first kappa shape index (κ1) is 28.6. The van der Waals surface area contributed by atoms with Crippen LogP contribution in [0.4, 0.5) is 11.4 Å². The molecule has 0 fully saturated rings. The Hall–Kier alpha value is -1.62. The standard InChI is InChI=1S/C27H31N3.3ClH.V/c1-16-12-18(3)26(19(4)13-16)28-22(7)24-10-9-11-25(30-24)23(8)29-27-20(5)14-17(2)15-21(27)6;;;;/h9-15H,1-8H3;3*1H;/q;;;;+3/p-3. The Morgan fingerprint density at radius 3 is 1.24 bits per heavy atom. The van der Waals surface area contributed by atoms with Crippen LogP contribution in [0, 0.1) is 41.5 Å². The van der Waals surface area contributed by atoms with E-state index < -0.39 is 12.3 Å². The van der Waals surface area contributed by atoms with Crippen molar-refractivity contribution < 1.29 is 12.3 Å². The van der Waals surface area contributed by atoms with Crippen LogP contribution in [0.25, 0.3) is 0 Å². The molecule has 0 radical (unpaired) electrons. The average Bonchev–Trinajstić information content (AvgIpc) is 2.72. The number of nitrogens with zero attached hydrogens (tertiary/aromatic N) is 3. The molecule has 3 rings (SSSR count). The number of aryl methyl sites for hydroxylation is 6. The second-order valence-electron chi connectivity index (χ2n) is 8.49. The number of rotatable bonds is 4.